The van der Waals surface area contributed by atoms with Gasteiger partial charge < -0.3 is 29.6 Å². The quantitative estimate of drug-likeness (QED) is 0.0812. The summed E-state index contributed by atoms with van der Waals surface area (Å²) in [5, 5.41) is 20.5. The predicted octanol–water partition coefficient (Wildman–Crippen LogP) is 5.78. The van der Waals surface area contributed by atoms with Crippen LogP contribution in [0.5, 0.6) is 23.0 Å². The molecule has 2 atom stereocenters. The number of halogens is 2. The Hall–Kier alpha value is -8.92. The van der Waals surface area contributed by atoms with Crippen LogP contribution in [0.3, 0.4) is 0 Å². The number of carbonyl (C=O) groups is 2. The van der Waals surface area contributed by atoms with Crippen LogP contribution < -0.4 is 29.6 Å². The van der Waals surface area contributed by atoms with Crippen molar-refractivity contribution in [3.63, 3.8) is 0 Å². The average Bonchev–Trinajstić information content (AvgIpc) is 4.28. The predicted molar refractivity (Wildman–Crippen MR) is 294 cm³/mol. The molecule has 2 N–H and O–H groups in total. The van der Waals surface area contributed by atoms with E-state index in [-0.39, 0.29) is 89.8 Å². The molecule has 2 amide bonds. The lowest BCUT2D eigenvalue weighted by Gasteiger charge is -2.18. The van der Waals surface area contributed by atoms with Gasteiger partial charge in [0.25, 0.3) is 11.8 Å². The van der Waals surface area contributed by atoms with Crippen LogP contribution in [-0.2, 0) is 44.0 Å². The molecular formula is C53H60F2N14O10S2. The lowest BCUT2D eigenvalue weighted by molar-refractivity contribution is 0.0943. The molecule has 0 aliphatic carbocycles. The average molecular weight is 1160 g/mol. The first-order valence-corrected chi connectivity index (χ1v) is 28.0. The SMILES string of the molecule is C.CCNC(=O)c1cccc(-c2nnc(CS(=O)(=O)[C@@H](C)Cc3ncc(F)cn3)n2-c2c(OC)cccc2OC)n1.CCNC(=O)c1cccc(-c2nnc(CS(=O)(=O)[C@H](C)Cc3ncc(F)cn3)n2-c2c(OC)cccc2OC)n1. The van der Waals surface area contributed by atoms with E-state index in [4.69, 9.17) is 18.9 Å². The van der Waals surface area contributed by atoms with Gasteiger partial charge in [-0.05, 0) is 76.2 Å². The second-order valence-corrected chi connectivity index (χ2v) is 22.2. The fraction of sp³-hybridized carbons (Fsp3) is 0.321. The molecule has 8 aromatic rings. The molecule has 0 bridgehead atoms. The van der Waals surface area contributed by atoms with E-state index in [1.807, 2.05) is 0 Å². The van der Waals surface area contributed by atoms with Crippen molar-refractivity contribution in [1.29, 1.82) is 0 Å². The Morgan fingerprint density at radius 1 is 0.531 bits per heavy atom. The third kappa shape index (κ3) is 14.5. The normalized spacial score (nSPS) is 12.0. The molecule has 0 radical (unpaired) electrons. The molecule has 0 saturated heterocycles. The van der Waals surface area contributed by atoms with E-state index < -0.39 is 53.3 Å². The van der Waals surface area contributed by atoms with E-state index in [1.165, 1.54) is 51.4 Å². The van der Waals surface area contributed by atoms with Crippen LogP contribution >= 0.6 is 0 Å². The first kappa shape index (κ1) is 61.3. The second kappa shape index (κ2) is 27.3. The Morgan fingerprint density at radius 3 is 1.16 bits per heavy atom. The maximum Gasteiger partial charge on any atom is 0.269 e. The highest BCUT2D eigenvalue weighted by atomic mass is 32.2. The third-order valence-corrected chi connectivity index (χ3v) is 16.1. The summed E-state index contributed by atoms with van der Waals surface area (Å²) in [6.07, 6.45) is 3.89. The van der Waals surface area contributed by atoms with Crippen LogP contribution in [0.1, 0.15) is 79.4 Å². The van der Waals surface area contributed by atoms with Crippen molar-refractivity contribution in [3.05, 3.63) is 144 Å². The summed E-state index contributed by atoms with van der Waals surface area (Å²) in [7, 11) is -1.83. The van der Waals surface area contributed by atoms with Crippen LogP contribution in [0.15, 0.2) is 97.6 Å². The van der Waals surface area contributed by atoms with Crippen LogP contribution in [-0.4, -0.2) is 140 Å². The molecule has 428 valence electrons. The van der Waals surface area contributed by atoms with Crippen molar-refractivity contribution < 1.29 is 54.2 Å². The molecule has 0 fully saturated rings. The van der Waals surface area contributed by atoms with Crippen molar-refractivity contribution in [2.45, 2.75) is 70.0 Å². The molecule has 6 heterocycles. The Morgan fingerprint density at radius 2 is 0.852 bits per heavy atom. The molecule has 0 unspecified atom stereocenters. The largest absolute Gasteiger partial charge is 0.494 e. The van der Waals surface area contributed by atoms with E-state index in [9.17, 15) is 35.2 Å². The summed E-state index contributed by atoms with van der Waals surface area (Å²) in [5.41, 5.74) is 1.59. The summed E-state index contributed by atoms with van der Waals surface area (Å²) in [6.45, 7) is 7.46. The first-order chi connectivity index (χ1) is 38.4. The summed E-state index contributed by atoms with van der Waals surface area (Å²) < 4.78 is 106. The Kier molecular flexibility index (Phi) is 20.7. The van der Waals surface area contributed by atoms with E-state index in [0.717, 1.165) is 24.8 Å². The number of nitrogens with one attached hydrogen (secondary N) is 2. The number of pyridine rings is 2. The van der Waals surface area contributed by atoms with Crippen molar-refractivity contribution in [1.82, 2.24) is 70.1 Å². The van der Waals surface area contributed by atoms with Crippen LogP contribution in [0, 0.1) is 11.6 Å². The molecule has 24 nitrogen and oxygen atoms in total. The van der Waals surface area contributed by atoms with E-state index >= 15 is 0 Å². The third-order valence-electron chi connectivity index (χ3n) is 12.0. The van der Waals surface area contributed by atoms with Gasteiger partial charge in [0.15, 0.2) is 54.6 Å². The fourth-order valence-corrected chi connectivity index (χ4v) is 10.4. The number of aromatic nitrogens is 12. The first-order valence-electron chi connectivity index (χ1n) is 24.5. The molecule has 0 aliphatic rings. The van der Waals surface area contributed by atoms with Crippen molar-refractivity contribution in [2.75, 3.05) is 41.5 Å². The van der Waals surface area contributed by atoms with E-state index in [2.05, 4.69) is 60.9 Å². The zero-order valence-corrected chi connectivity index (χ0v) is 46.3. The number of amides is 2. The van der Waals surface area contributed by atoms with Crippen molar-refractivity contribution in [3.8, 4) is 57.4 Å². The van der Waals surface area contributed by atoms with Crippen molar-refractivity contribution in [2.24, 2.45) is 0 Å². The fourth-order valence-electron chi connectivity index (χ4n) is 7.90. The standard InChI is InChI=1S/2C26H28FN7O5S.CH4/c2*1-5-28-26(35)19-9-6-8-18(31-19)25-33-32-23(34(25)24-20(38-3)10-7-11-21(24)39-4)15-40(36,37)16(2)12-22-29-13-17(27)14-30-22;/h2*6-11,13-14,16H,5,12,15H2,1-4H3,(H,28,35);1H4/t2*16-;/m10./s1. The minimum atomic E-state index is -3.85. The van der Waals surface area contributed by atoms with Gasteiger partial charge in [-0.25, -0.2) is 55.5 Å². The maximum absolute atomic E-state index is 13.5. The Balaban J connectivity index is 0.000000258. The molecule has 0 spiro atoms. The highest BCUT2D eigenvalue weighted by Gasteiger charge is 2.32. The lowest BCUT2D eigenvalue weighted by atomic mass is 10.2. The van der Waals surface area contributed by atoms with Crippen LogP contribution in [0.4, 0.5) is 8.78 Å². The van der Waals surface area contributed by atoms with Crippen LogP contribution in [0.25, 0.3) is 34.4 Å². The van der Waals surface area contributed by atoms with Crippen molar-refractivity contribution >= 4 is 31.5 Å². The number of carbonyl (C=O) groups excluding carboxylic acids is 2. The minimum absolute atomic E-state index is 0. The topological polar surface area (TPSA) is 302 Å². The number of hydrogen-bond donors (Lipinski definition) is 2. The smallest absolute Gasteiger partial charge is 0.269 e. The van der Waals surface area contributed by atoms with Gasteiger partial charge in [-0.2, -0.15) is 0 Å². The number of para-hydroxylation sites is 2. The number of ether oxygens (including phenoxy) is 4. The number of benzene rings is 2. The van der Waals surface area contributed by atoms with Gasteiger partial charge in [-0.3, -0.25) is 18.7 Å². The van der Waals surface area contributed by atoms with E-state index in [0.29, 0.717) is 47.5 Å². The number of rotatable bonds is 22. The van der Waals surface area contributed by atoms with Gasteiger partial charge >= 0.3 is 0 Å². The molecule has 0 saturated carbocycles. The molecule has 81 heavy (non-hydrogen) atoms. The Bertz CT molecular complexity index is 3420. The second-order valence-electron chi connectivity index (χ2n) is 17.4. The Labute approximate surface area is 466 Å². The number of sulfone groups is 2. The van der Waals surface area contributed by atoms with Gasteiger partial charge in [0.2, 0.25) is 0 Å². The molecule has 2 aromatic carbocycles. The summed E-state index contributed by atoms with van der Waals surface area (Å²) in [6, 6.07) is 19.9. The maximum atomic E-state index is 13.5. The van der Waals surface area contributed by atoms with Crippen LogP contribution in [0.2, 0.25) is 0 Å². The van der Waals surface area contributed by atoms with Gasteiger partial charge in [0, 0.05) is 25.9 Å². The molecular weight excluding hydrogens is 1090 g/mol. The molecule has 28 heteroatoms. The van der Waals surface area contributed by atoms with E-state index in [1.54, 1.807) is 86.6 Å². The molecule has 0 aliphatic heterocycles. The van der Waals surface area contributed by atoms with Gasteiger partial charge in [0.05, 0.1) is 63.7 Å². The molecule has 6 aromatic heterocycles. The summed E-state index contributed by atoms with van der Waals surface area (Å²) >= 11 is 0. The highest BCUT2D eigenvalue weighted by molar-refractivity contribution is 7.91. The monoisotopic (exact) mass is 1150 g/mol. The number of nitrogens with zero attached hydrogens (tertiary/aromatic N) is 12. The lowest BCUT2D eigenvalue weighted by Crippen LogP contribution is -2.25. The summed E-state index contributed by atoms with van der Waals surface area (Å²) in [5.74, 6) is -0.668. The zero-order chi connectivity index (χ0) is 57.7. The zero-order valence-electron chi connectivity index (χ0n) is 44.7. The van der Waals surface area contributed by atoms with Gasteiger partial charge in [0.1, 0.15) is 80.3 Å². The van der Waals surface area contributed by atoms with Gasteiger partial charge in [-0.15, -0.1) is 20.4 Å². The number of hydrogen-bond acceptors (Lipinski definition) is 20. The number of methoxy groups -OCH3 is 4. The van der Waals surface area contributed by atoms with Gasteiger partial charge in [-0.1, -0.05) is 31.7 Å². The highest BCUT2D eigenvalue weighted by Crippen LogP contribution is 2.38. The molecule has 8 rings (SSSR count). The minimum Gasteiger partial charge on any atom is -0.494 e. The summed E-state index contributed by atoms with van der Waals surface area (Å²) in [4.78, 5) is 49.3.